The highest BCUT2D eigenvalue weighted by Crippen LogP contribution is 2.29. The summed E-state index contributed by atoms with van der Waals surface area (Å²) in [6.07, 6.45) is 1.77. The molecule has 0 spiro atoms. The van der Waals surface area contributed by atoms with Crippen LogP contribution in [0.1, 0.15) is 6.42 Å². The van der Waals surface area contributed by atoms with Crippen LogP contribution >= 0.6 is 0 Å². The first-order chi connectivity index (χ1) is 7.30. The molecule has 0 aliphatic carbocycles. The fraction of sp³-hybridized carbons (Fsp3) is 1.00. The first kappa shape index (κ1) is 12.3. The van der Waals surface area contributed by atoms with E-state index in [1.807, 2.05) is 0 Å². The van der Waals surface area contributed by atoms with Crippen LogP contribution in [0, 0.1) is 5.92 Å². The largest absolute Gasteiger partial charge is 0.315 e. The summed E-state index contributed by atoms with van der Waals surface area (Å²) >= 11 is 0. The molecule has 1 N–H and O–H groups in total. The Morgan fingerprint density at radius 2 is 1.94 bits per heavy atom. The number of sulfonamides is 1. The topological polar surface area (TPSA) is 83.5 Å². The minimum atomic E-state index is -3.67. The lowest BCUT2D eigenvalue weighted by molar-refractivity contribution is 0.385. The predicted octanol–water partition coefficient (Wildman–Crippen LogP) is -1.39. The average Bonchev–Trinajstić information content (AvgIpc) is 2.54. The molecule has 0 aromatic rings. The van der Waals surface area contributed by atoms with Crippen molar-refractivity contribution in [3.8, 4) is 0 Å². The van der Waals surface area contributed by atoms with Crippen LogP contribution in [0.15, 0.2) is 0 Å². The second-order valence-electron chi connectivity index (χ2n) is 4.54. The molecule has 0 amide bonds. The van der Waals surface area contributed by atoms with Crippen LogP contribution in [0.2, 0.25) is 0 Å². The van der Waals surface area contributed by atoms with E-state index in [1.165, 1.54) is 4.31 Å². The van der Waals surface area contributed by atoms with Crippen molar-refractivity contribution >= 4 is 19.9 Å². The SMILES string of the molecule is CS(=O)(=O)CS(=O)(=O)N1CC[C@H]2CNC[C@H]21. The van der Waals surface area contributed by atoms with E-state index in [9.17, 15) is 16.8 Å². The Hall–Kier alpha value is -0.180. The zero-order valence-corrected chi connectivity index (χ0v) is 10.7. The van der Waals surface area contributed by atoms with Crippen molar-refractivity contribution in [2.24, 2.45) is 5.92 Å². The van der Waals surface area contributed by atoms with Crippen molar-refractivity contribution in [2.75, 3.05) is 31.0 Å². The zero-order chi connectivity index (χ0) is 12.0. The van der Waals surface area contributed by atoms with Gasteiger partial charge in [-0.1, -0.05) is 0 Å². The molecule has 2 aliphatic rings. The van der Waals surface area contributed by atoms with Gasteiger partial charge in [-0.2, -0.15) is 4.31 Å². The fourth-order valence-electron chi connectivity index (χ4n) is 2.49. The zero-order valence-electron chi connectivity index (χ0n) is 9.09. The van der Waals surface area contributed by atoms with Gasteiger partial charge in [0.15, 0.2) is 14.9 Å². The first-order valence-corrected chi connectivity index (χ1v) is 8.84. The van der Waals surface area contributed by atoms with Crippen LogP contribution < -0.4 is 5.32 Å². The Balaban J connectivity index is 2.19. The molecule has 16 heavy (non-hydrogen) atoms. The Labute approximate surface area is 96.0 Å². The summed E-state index contributed by atoms with van der Waals surface area (Å²) in [7, 11) is -7.16. The van der Waals surface area contributed by atoms with Crippen LogP contribution in [0.5, 0.6) is 0 Å². The Kier molecular flexibility index (Phi) is 3.02. The normalized spacial score (nSPS) is 31.8. The summed E-state index contributed by atoms with van der Waals surface area (Å²) in [5.74, 6) is 0.342. The number of rotatable bonds is 3. The molecule has 0 aromatic heterocycles. The van der Waals surface area contributed by atoms with Gasteiger partial charge >= 0.3 is 0 Å². The van der Waals surface area contributed by atoms with E-state index in [4.69, 9.17) is 0 Å². The molecule has 0 aromatic carbocycles. The van der Waals surface area contributed by atoms with Gasteiger partial charge in [0.2, 0.25) is 10.0 Å². The van der Waals surface area contributed by atoms with Gasteiger partial charge in [-0.3, -0.25) is 0 Å². The number of hydrogen-bond acceptors (Lipinski definition) is 5. The molecular formula is C8H16N2O4S2. The lowest BCUT2D eigenvalue weighted by Gasteiger charge is -2.22. The molecule has 0 unspecified atom stereocenters. The molecule has 2 fully saturated rings. The van der Waals surface area contributed by atoms with Crippen molar-refractivity contribution in [3.63, 3.8) is 0 Å². The highest BCUT2D eigenvalue weighted by molar-refractivity contribution is 8.06. The van der Waals surface area contributed by atoms with Gasteiger partial charge in [-0.25, -0.2) is 16.8 Å². The lowest BCUT2D eigenvalue weighted by atomic mass is 10.1. The van der Waals surface area contributed by atoms with Crippen LogP contribution in [-0.2, 0) is 19.9 Å². The molecule has 0 saturated carbocycles. The van der Waals surface area contributed by atoms with Crippen LogP contribution in [-0.4, -0.2) is 58.2 Å². The van der Waals surface area contributed by atoms with Crippen LogP contribution in [0.3, 0.4) is 0 Å². The second kappa shape index (κ2) is 3.94. The summed E-state index contributed by atoms with van der Waals surface area (Å²) in [5, 5.41) is 2.36. The summed E-state index contributed by atoms with van der Waals surface area (Å²) in [6.45, 7) is 1.91. The maximum Gasteiger partial charge on any atom is 0.228 e. The minimum absolute atomic E-state index is 0.0493. The second-order valence-corrected chi connectivity index (χ2v) is 8.97. The maximum absolute atomic E-state index is 11.9. The third kappa shape index (κ3) is 2.39. The minimum Gasteiger partial charge on any atom is -0.315 e. The van der Waals surface area contributed by atoms with Crippen molar-refractivity contribution in [3.05, 3.63) is 0 Å². The number of fused-ring (bicyclic) bond motifs is 1. The molecule has 2 atom stereocenters. The fourth-order valence-corrected chi connectivity index (χ4v) is 6.24. The highest BCUT2D eigenvalue weighted by Gasteiger charge is 2.43. The summed E-state index contributed by atoms with van der Waals surface area (Å²) in [4.78, 5) is 0. The molecule has 0 radical (unpaired) electrons. The Morgan fingerprint density at radius 3 is 2.56 bits per heavy atom. The number of hydrogen-bond donors (Lipinski definition) is 1. The predicted molar refractivity (Wildman–Crippen MR) is 60.1 cm³/mol. The quantitative estimate of drug-likeness (QED) is 0.681. The van der Waals surface area contributed by atoms with E-state index in [2.05, 4.69) is 5.32 Å². The van der Waals surface area contributed by atoms with Gasteiger partial charge < -0.3 is 5.32 Å². The van der Waals surface area contributed by atoms with Gasteiger partial charge in [0.05, 0.1) is 0 Å². The number of sulfone groups is 1. The molecule has 94 valence electrons. The number of nitrogens with zero attached hydrogens (tertiary/aromatic N) is 1. The van der Waals surface area contributed by atoms with Crippen LogP contribution in [0.4, 0.5) is 0 Å². The molecule has 8 heteroatoms. The van der Waals surface area contributed by atoms with E-state index < -0.39 is 24.9 Å². The molecule has 2 saturated heterocycles. The maximum atomic E-state index is 11.9. The third-order valence-electron chi connectivity index (χ3n) is 3.11. The molecular weight excluding hydrogens is 252 g/mol. The summed E-state index contributed by atoms with van der Waals surface area (Å²) in [5.41, 5.74) is 0. The summed E-state index contributed by atoms with van der Waals surface area (Å²) < 4.78 is 47.3. The molecule has 2 rings (SSSR count). The lowest BCUT2D eigenvalue weighted by Crippen LogP contribution is -2.41. The molecule has 6 nitrogen and oxygen atoms in total. The van der Waals surface area contributed by atoms with Gasteiger partial charge in [-0.05, 0) is 18.9 Å². The van der Waals surface area contributed by atoms with Crippen LogP contribution in [0.25, 0.3) is 0 Å². The van der Waals surface area contributed by atoms with Crippen molar-refractivity contribution in [1.29, 1.82) is 0 Å². The Morgan fingerprint density at radius 1 is 1.25 bits per heavy atom. The van der Waals surface area contributed by atoms with Gasteiger partial charge in [0.25, 0.3) is 0 Å². The highest BCUT2D eigenvalue weighted by atomic mass is 32.3. The molecule has 2 aliphatic heterocycles. The van der Waals surface area contributed by atoms with Crippen molar-refractivity contribution < 1.29 is 16.8 Å². The van der Waals surface area contributed by atoms with Gasteiger partial charge in [-0.15, -0.1) is 0 Å². The van der Waals surface area contributed by atoms with Crippen molar-refractivity contribution in [2.45, 2.75) is 12.5 Å². The molecule has 0 bridgehead atoms. The van der Waals surface area contributed by atoms with E-state index in [0.717, 1.165) is 19.2 Å². The van der Waals surface area contributed by atoms with Crippen molar-refractivity contribution in [1.82, 2.24) is 9.62 Å². The Bertz CT molecular complexity index is 470. The third-order valence-corrected chi connectivity index (χ3v) is 7.19. The van der Waals surface area contributed by atoms with E-state index in [-0.39, 0.29) is 6.04 Å². The smallest absolute Gasteiger partial charge is 0.228 e. The van der Waals surface area contributed by atoms with Gasteiger partial charge in [0, 0.05) is 25.4 Å². The molecule has 2 heterocycles. The monoisotopic (exact) mass is 268 g/mol. The van der Waals surface area contributed by atoms with E-state index in [1.54, 1.807) is 0 Å². The number of nitrogens with one attached hydrogen (secondary N) is 1. The van der Waals surface area contributed by atoms with Gasteiger partial charge in [0.1, 0.15) is 0 Å². The van der Waals surface area contributed by atoms with E-state index >= 15 is 0 Å². The summed E-state index contributed by atoms with van der Waals surface area (Å²) in [6, 6.07) is -0.0493. The van der Waals surface area contributed by atoms with E-state index in [0.29, 0.717) is 19.0 Å². The average molecular weight is 268 g/mol. The first-order valence-electron chi connectivity index (χ1n) is 5.17. The standard InChI is InChI=1S/C8H16N2O4S2/c1-15(11,12)6-16(13,14)10-3-2-7-4-9-5-8(7)10/h7-9H,2-6H2,1H3/t7-,8+/m0/s1.